The molecule has 108 valence electrons. The molecule has 0 aromatic heterocycles. The molecule has 4 N–H and O–H groups in total. The van der Waals surface area contributed by atoms with Crippen molar-refractivity contribution in [1.29, 1.82) is 0 Å². The van der Waals surface area contributed by atoms with Crippen LogP contribution in [0.3, 0.4) is 0 Å². The fourth-order valence-electron chi connectivity index (χ4n) is 1.09. The molecule has 21 heavy (non-hydrogen) atoms. The van der Waals surface area contributed by atoms with Crippen LogP contribution in [0.2, 0.25) is 0 Å². The van der Waals surface area contributed by atoms with Gasteiger partial charge in [-0.05, 0) is 12.3 Å². The van der Waals surface area contributed by atoms with Crippen molar-refractivity contribution in [2.45, 2.75) is 0 Å². The monoisotopic (exact) mass is 279 g/mol. The van der Waals surface area contributed by atoms with E-state index in [1.807, 2.05) is 91.1 Å². The third kappa shape index (κ3) is 17.1. The Morgan fingerprint density at radius 1 is 0.381 bits per heavy atom. The highest BCUT2D eigenvalue weighted by molar-refractivity contribution is 5.65. The van der Waals surface area contributed by atoms with Gasteiger partial charge in [-0.2, -0.15) is 0 Å². The average molecular weight is 279 g/mol. The van der Waals surface area contributed by atoms with Gasteiger partial charge in [-0.3, -0.25) is 5.41 Å². The molecule has 0 radical (unpaired) electrons. The van der Waals surface area contributed by atoms with Gasteiger partial charge in [0.25, 0.3) is 0 Å². The Morgan fingerprint density at radius 2 is 0.619 bits per heavy atom. The average Bonchev–Trinajstić information content (AvgIpc) is 2.50. The first-order valence-corrected chi connectivity index (χ1v) is 6.67. The lowest BCUT2D eigenvalue weighted by Gasteiger charge is -1.75. The zero-order valence-corrected chi connectivity index (χ0v) is 12.1. The van der Waals surface area contributed by atoms with Gasteiger partial charge < -0.3 is 5.73 Å². The molecule has 0 unspecified atom stereocenters. The fourth-order valence-corrected chi connectivity index (χ4v) is 1.09. The van der Waals surface area contributed by atoms with Crippen LogP contribution < -0.4 is 11.1 Å². The second-order valence-corrected chi connectivity index (χ2v) is 3.66. The maximum Gasteiger partial charge on any atom is 0.160 e. The first-order valence-electron chi connectivity index (χ1n) is 6.67. The Kier molecular flexibility index (Phi) is 14.8. The normalized spacial score (nSPS) is 14.3. The van der Waals surface area contributed by atoms with Gasteiger partial charge in [0.15, 0.2) is 6.21 Å². The zero-order valence-electron chi connectivity index (χ0n) is 12.1. The van der Waals surface area contributed by atoms with Crippen LogP contribution in [-0.2, 0) is 0 Å². The summed E-state index contributed by atoms with van der Waals surface area (Å²) in [6.45, 7) is 0. The maximum atomic E-state index is 5.19. The second-order valence-electron chi connectivity index (χ2n) is 3.66. The molecule has 0 aromatic rings. The number of nitrogens with two attached hydrogens (primary N) is 2. The van der Waals surface area contributed by atoms with Crippen LogP contribution in [0.4, 0.5) is 0 Å². The quantitative estimate of drug-likeness (QED) is 0.495. The first kappa shape index (κ1) is 18.1. The van der Waals surface area contributed by atoms with Gasteiger partial charge in [0.1, 0.15) is 0 Å². The molecule has 0 aliphatic carbocycles. The fraction of sp³-hybridized carbons (Fsp3) is 0. The van der Waals surface area contributed by atoms with Crippen LogP contribution in [0.5, 0.6) is 0 Å². The maximum absolute atomic E-state index is 5.19. The van der Waals surface area contributed by atoms with Gasteiger partial charge in [-0.25, -0.2) is 0 Å². The number of allylic oxidation sites excluding steroid dienone is 17. The van der Waals surface area contributed by atoms with Crippen LogP contribution in [0.1, 0.15) is 0 Å². The molecule has 0 rings (SSSR count). The molecule has 0 aliphatic heterocycles. The summed E-state index contributed by atoms with van der Waals surface area (Å²) in [6.07, 6.45) is 35.6. The van der Waals surface area contributed by atoms with Gasteiger partial charge in [0.2, 0.25) is 0 Å². The highest BCUT2D eigenvalue weighted by atomic mass is 14.5. The minimum atomic E-state index is 1.50. The largest absolute Gasteiger partial charge is 0.405 e. The predicted molar refractivity (Wildman–Crippen MR) is 94.4 cm³/mol. The highest BCUT2D eigenvalue weighted by Crippen LogP contribution is 1.86. The van der Waals surface area contributed by atoms with E-state index >= 15 is 0 Å². The van der Waals surface area contributed by atoms with Crippen LogP contribution in [0.25, 0.3) is 0 Å². The van der Waals surface area contributed by atoms with E-state index in [0.717, 1.165) is 0 Å². The number of hydrogen-bond acceptors (Lipinski definition) is 1. The molecule has 0 amide bonds. The lowest BCUT2D eigenvalue weighted by molar-refractivity contribution is -0.104. The van der Waals surface area contributed by atoms with Gasteiger partial charge >= 0.3 is 0 Å². The Hall–Kier alpha value is -2.87. The molecule has 0 saturated heterocycles. The summed E-state index contributed by atoms with van der Waals surface area (Å²) in [5.41, 5.74) is 5.19. The van der Waals surface area contributed by atoms with Crippen LogP contribution in [0.15, 0.2) is 109 Å². The van der Waals surface area contributed by atoms with Crippen LogP contribution in [0, 0.1) is 0 Å². The Balaban J connectivity index is 3.87. The van der Waals surface area contributed by atoms with E-state index in [2.05, 4.69) is 0 Å². The van der Waals surface area contributed by atoms with Gasteiger partial charge in [0, 0.05) is 6.08 Å². The summed E-state index contributed by atoms with van der Waals surface area (Å²) in [5, 5.41) is 5.19. The minimum Gasteiger partial charge on any atom is -0.405 e. The molecular formula is C19H23N2+. The molecule has 0 spiro atoms. The summed E-state index contributed by atoms with van der Waals surface area (Å²) in [7, 11) is 0. The molecule has 0 bridgehead atoms. The standard InChI is InChI=1S/C19H22N2/c20-18-16-14-12-10-8-6-4-2-1-3-5-7-9-11-13-15-17-19-21/h1-20H,21H2/p+1. The third-order valence-corrected chi connectivity index (χ3v) is 2.00. The molecule has 0 saturated carbocycles. The molecule has 0 aromatic carbocycles. The summed E-state index contributed by atoms with van der Waals surface area (Å²) in [6, 6.07) is 0. The Bertz CT molecular complexity index is 508. The molecule has 0 atom stereocenters. The van der Waals surface area contributed by atoms with Crippen molar-refractivity contribution >= 4 is 6.21 Å². The summed E-state index contributed by atoms with van der Waals surface area (Å²) in [4.78, 5) is 0. The third-order valence-electron chi connectivity index (χ3n) is 2.00. The number of rotatable bonds is 9. The summed E-state index contributed by atoms with van der Waals surface area (Å²) < 4.78 is 0. The molecule has 0 fully saturated rings. The van der Waals surface area contributed by atoms with Crippen molar-refractivity contribution in [3.8, 4) is 0 Å². The number of hydrogen-bond donors (Lipinski definition) is 2. The van der Waals surface area contributed by atoms with Crippen molar-refractivity contribution in [2.24, 2.45) is 5.73 Å². The van der Waals surface area contributed by atoms with E-state index in [1.54, 1.807) is 12.2 Å². The topological polar surface area (TPSA) is 51.6 Å². The summed E-state index contributed by atoms with van der Waals surface area (Å²) >= 11 is 0. The van der Waals surface area contributed by atoms with Crippen molar-refractivity contribution < 1.29 is 5.41 Å². The minimum absolute atomic E-state index is 1.50. The second kappa shape index (κ2) is 17.1. The van der Waals surface area contributed by atoms with E-state index in [1.165, 1.54) is 12.4 Å². The highest BCUT2D eigenvalue weighted by Gasteiger charge is 1.65. The van der Waals surface area contributed by atoms with Gasteiger partial charge in [-0.1, -0.05) is 91.1 Å². The Labute approximate surface area is 127 Å². The first-order chi connectivity index (χ1) is 10.4. The molecule has 2 heteroatoms. The van der Waals surface area contributed by atoms with E-state index in [4.69, 9.17) is 11.1 Å². The van der Waals surface area contributed by atoms with E-state index in [-0.39, 0.29) is 0 Å². The SMILES string of the molecule is NC=CC=CC=CC=CC=CC=CC=CC=CC=CC=[NH2+]. The van der Waals surface area contributed by atoms with Crippen molar-refractivity contribution in [2.75, 3.05) is 0 Å². The van der Waals surface area contributed by atoms with E-state index in [0.29, 0.717) is 0 Å². The lowest BCUT2D eigenvalue weighted by Crippen LogP contribution is -2.27. The molecular weight excluding hydrogens is 256 g/mol. The van der Waals surface area contributed by atoms with E-state index in [9.17, 15) is 0 Å². The van der Waals surface area contributed by atoms with Crippen molar-refractivity contribution in [1.82, 2.24) is 0 Å². The molecule has 0 aliphatic rings. The van der Waals surface area contributed by atoms with Gasteiger partial charge in [0.05, 0.1) is 0 Å². The van der Waals surface area contributed by atoms with E-state index < -0.39 is 0 Å². The smallest absolute Gasteiger partial charge is 0.160 e. The predicted octanol–water partition coefficient (Wildman–Crippen LogP) is 2.74. The zero-order chi connectivity index (χ0) is 15.4. The van der Waals surface area contributed by atoms with Crippen LogP contribution in [-0.4, -0.2) is 6.21 Å². The molecule has 2 nitrogen and oxygen atoms in total. The van der Waals surface area contributed by atoms with Gasteiger partial charge in [-0.15, -0.1) is 0 Å². The van der Waals surface area contributed by atoms with Crippen LogP contribution >= 0.6 is 0 Å². The Morgan fingerprint density at radius 3 is 0.857 bits per heavy atom. The van der Waals surface area contributed by atoms with Crippen molar-refractivity contribution in [3.05, 3.63) is 109 Å². The molecule has 0 heterocycles. The van der Waals surface area contributed by atoms with Crippen molar-refractivity contribution in [3.63, 3.8) is 0 Å². The summed E-state index contributed by atoms with van der Waals surface area (Å²) in [5.74, 6) is 0. The lowest BCUT2D eigenvalue weighted by atomic mass is 10.3.